The predicted molar refractivity (Wildman–Crippen MR) is 68.7 cm³/mol. The summed E-state index contributed by atoms with van der Waals surface area (Å²) in [5.74, 6) is -0.296. The van der Waals surface area contributed by atoms with Gasteiger partial charge < -0.3 is 10.6 Å². The van der Waals surface area contributed by atoms with Crippen molar-refractivity contribution in [2.75, 3.05) is 19.3 Å². The summed E-state index contributed by atoms with van der Waals surface area (Å²) >= 11 is 0. The fourth-order valence-corrected chi connectivity index (χ4v) is 3.67. The van der Waals surface area contributed by atoms with E-state index in [4.69, 9.17) is 5.73 Å². The molecule has 0 bridgehead atoms. The molecule has 0 saturated carbocycles. The molecule has 1 aliphatic rings. The number of hydrogen-bond acceptors (Lipinski definition) is 5. The summed E-state index contributed by atoms with van der Waals surface area (Å²) in [6, 6.07) is -0.728. The summed E-state index contributed by atoms with van der Waals surface area (Å²) < 4.78 is 28.4. The number of nitrogen functional groups attached to an aromatic ring is 1. The largest absolute Gasteiger partial charge is 0.381 e. The van der Waals surface area contributed by atoms with Gasteiger partial charge in [0.15, 0.2) is 5.82 Å². The summed E-state index contributed by atoms with van der Waals surface area (Å²) in [6.45, 7) is 2.15. The number of likely N-dealkylation sites (tertiary alicyclic amines) is 1. The number of aryl methyl sites for hydroxylation is 1. The first kappa shape index (κ1) is 13.8. The van der Waals surface area contributed by atoms with Crippen LogP contribution in [0.2, 0.25) is 0 Å². The van der Waals surface area contributed by atoms with Gasteiger partial charge >= 0.3 is 0 Å². The van der Waals surface area contributed by atoms with Crippen LogP contribution in [0.15, 0.2) is 4.90 Å². The Bertz CT molecular complexity index is 621. The van der Waals surface area contributed by atoms with Crippen LogP contribution >= 0.6 is 0 Å². The highest BCUT2D eigenvalue weighted by Crippen LogP contribution is 2.22. The van der Waals surface area contributed by atoms with E-state index in [-0.39, 0.29) is 16.6 Å². The number of hydrogen-bond donors (Lipinski definition) is 2. The second-order valence-corrected chi connectivity index (χ2v) is 6.30. The molecule has 1 aromatic heterocycles. The van der Waals surface area contributed by atoms with E-state index in [0.717, 1.165) is 0 Å². The lowest BCUT2D eigenvalue weighted by Gasteiger charge is -2.12. The number of nitrogens with one attached hydrogen (secondary N) is 1. The maximum atomic E-state index is 12.3. The molecule has 1 atom stereocenters. The van der Waals surface area contributed by atoms with Crippen LogP contribution in [-0.2, 0) is 21.9 Å². The number of carbonyl (C=O) groups excluding carboxylic acids is 1. The number of likely N-dealkylation sites (N-methyl/N-ethyl adjacent to an activating group) is 1. The van der Waals surface area contributed by atoms with Crippen LogP contribution < -0.4 is 10.5 Å². The number of amides is 1. The zero-order chi connectivity index (χ0) is 14.4. The van der Waals surface area contributed by atoms with Gasteiger partial charge in [0.25, 0.3) is 0 Å². The third-order valence-electron chi connectivity index (χ3n) is 3.30. The molecule has 0 radical (unpaired) electrons. The molecule has 2 heterocycles. The zero-order valence-corrected chi connectivity index (χ0v) is 11.9. The van der Waals surface area contributed by atoms with Gasteiger partial charge in [0.1, 0.15) is 10.9 Å². The minimum Gasteiger partial charge on any atom is -0.381 e. The number of aromatic nitrogens is 2. The molecule has 0 aliphatic carbocycles. The second kappa shape index (κ2) is 4.49. The smallest absolute Gasteiger partial charge is 0.246 e. The Morgan fingerprint density at radius 2 is 2.05 bits per heavy atom. The highest BCUT2D eigenvalue weighted by Gasteiger charge is 2.35. The molecule has 1 amide bonds. The molecule has 8 nitrogen and oxygen atoms in total. The fourth-order valence-electron chi connectivity index (χ4n) is 2.12. The Balaban J connectivity index is 2.31. The Labute approximate surface area is 111 Å². The minimum absolute atomic E-state index is 0.0580. The summed E-state index contributed by atoms with van der Waals surface area (Å²) in [5.41, 5.74) is 6.05. The third kappa shape index (κ3) is 2.30. The molecule has 0 spiro atoms. The molecule has 106 valence electrons. The van der Waals surface area contributed by atoms with E-state index in [0.29, 0.717) is 18.7 Å². The van der Waals surface area contributed by atoms with Gasteiger partial charge in [-0.15, -0.1) is 0 Å². The second-order valence-electron chi connectivity index (χ2n) is 4.65. The minimum atomic E-state index is -3.85. The van der Waals surface area contributed by atoms with E-state index >= 15 is 0 Å². The van der Waals surface area contributed by atoms with Crippen LogP contribution in [-0.4, -0.2) is 48.6 Å². The highest BCUT2D eigenvalue weighted by molar-refractivity contribution is 7.89. The zero-order valence-electron chi connectivity index (χ0n) is 11.0. The van der Waals surface area contributed by atoms with Gasteiger partial charge in [-0.2, -0.15) is 9.82 Å². The summed E-state index contributed by atoms with van der Waals surface area (Å²) in [6.07, 6.45) is 0.452. The van der Waals surface area contributed by atoms with Crippen molar-refractivity contribution in [2.45, 2.75) is 24.3 Å². The lowest BCUT2D eigenvalue weighted by molar-refractivity contribution is -0.127. The average Bonchev–Trinajstić information content (AvgIpc) is 2.73. The number of nitrogens with two attached hydrogens (primary N) is 1. The van der Waals surface area contributed by atoms with Gasteiger partial charge in [-0.05, 0) is 13.3 Å². The van der Waals surface area contributed by atoms with Crippen molar-refractivity contribution in [2.24, 2.45) is 7.05 Å². The summed E-state index contributed by atoms with van der Waals surface area (Å²) in [4.78, 5) is 13.2. The van der Waals surface area contributed by atoms with Gasteiger partial charge in [-0.1, -0.05) is 0 Å². The molecule has 9 heteroatoms. The standard InChI is InChI=1S/C10H17N5O3S/c1-6-8(9(11)12-15(6)3)19(17,18)13-7-4-5-14(2)10(7)16/h7,13H,4-5H2,1-3H3,(H2,11,12). The van der Waals surface area contributed by atoms with Crippen molar-refractivity contribution in [3.05, 3.63) is 5.69 Å². The van der Waals surface area contributed by atoms with Crippen molar-refractivity contribution in [1.29, 1.82) is 0 Å². The number of rotatable bonds is 3. The topological polar surface area (TPSA) is 110 Å². The van der Waals surface area contributed by atoms with Crippen LogP contribution in [0.4, 0.5) is 5.82 Å². The normalized spacial score (nSPS) is 20.3. The van der Waals surface area contributed by atoms with E-state index in [1.165, 1.54) is 9.58 Å². The number of anilines is 1. The van der Waals surface area contributed by atoms with E-state index in [1.54, 1.807) is 21.0 Å². The molecule has 1 fully saturated rings. The summed E-state index contributed by atoms with van der Waals surface area (Å²) in [5, 5.41) is 3.87. The Hall–Kier alpha value is -1.61. The molecule has 1 aliphatic heterocycles. The van der Waals surface area contributed by atoms with Crippen molar-refractivity contribution in [3.8, 4) is 0 Å². The van der Waals surface area contributed by atoms with Crippen LogP contribution in [0.1, 0.15) is 12.1 Å². The molecule has 3 N–H and O–H groups in total. The number of sulfonamides is 1. The molecular weight excluding hydrogens is 270 g/mol. The molecule has 1 aromatic rings. The molecule has 1 saturated heterocycles. The Morgan fingerprint density at radius 1 is 1.42 bits per heavy atom. The fraction of sp³-hybridized carbons (Fsp3) is 0.600. The van der Waals surface area contributed by atoms with Crippen molar-refractivity contribution in [1.82, 2.24) is 19.4 Å². The Morgan fingerprint density at radius 3 is 2.47 bits per heavy atom. The van der Waals surface area contributed by atoms with E-state index in [2.05, 4.69) is 9.82 Å². The predicted octanol–water partition coefficient (Wildman–Crippen LogP) is -1.18. The van der Waals surface area contributed by atoms with E-state index in [9.17, 15) is 13.2 Å². The van der Waals surface area contributed by atoms with E-state index in [1.807, 2.05) is 0 Å². The molecular formula is C10H17N5O3S. The quantitative estimate of drug-likeness (QED) is 0.727. The third-order valence-corrected chi connectivity index (χ3v) is 4.93. The molecule has 1 unspecified atom stereocenters. The maximum absolute atomic E-state index is 12.3. The number of carbonyl (C=O) groups is 1. The van der Waals surface area contributed by atoms with Gasteiger partial charge in [-0.25, -0.2) is 8.42 Å². The van der Waals surface area contributed by atoms with Crippen molar-refractivity contribution < 1.29 is 13.2 Å². The first-order valence-electron chi connectivity index (χ1n) is 5.80. The monoisotopic (exact) mass is 287 g/mol. The summed E-state index contributed by atoms with van der Waals surface area (Å²) in [7, 11) is -0.597. The van der Waals surface area contributed by atoms with Gasteiger partial charge in [0.05, 0.1) is 5.69 Å². The van der Waals surface area contributed by atoms with Crippen LogP contribution in [0, 0.1) is 6.92 Å². The van der Waals surface area contributed by atoms with E-state index < -0.39 is 16.1 Å². The van der Waals surface area contributed by atoms with Crippen molar-refractivity contribution >= 4 is 21.7 Å². The van der Waals surface area contributed by atoms with Gasteiger partial charge in [0.2, 0.25) is 15.9 Å². The van der Waals surface area contributed by atoms with Gasteiger partial charge in [-0.3, -0.25) is 9.48 Å². The SMILES string of the molecule is Cc1c(S(=O)(=O)NC2CCN(C)C2=O)c(N)nn1C. The average molecular weight is 287 g/mol. The van der Waals surface area contributed by atoms with Crippen LogP contribution in [0.5, 0.6) is 0 Å². The Kier molecular flexibility index (Phi) is 3.27. The maximum Gasteiger partial charge on any atom is 0.246 e. The van der Waals surface area contributed by atoms with Gasteiger partial charge in [0, 0.05) is 20.6 Å². The first-order valence-corrected chi connectivity index (χ1v) is 7.28. The molecule has 19 heavy (non-hydrogen) atoms. The highest BCUT2D eigenvalue weighted by atomic mass is 32.2. The number of nitrogens with zero attached hydrogens (tertiary/aromatic N) is 3. The first-order chi connectivity index (χ1) is 8.74. The molecule has 2 rings (SSSR count). The lowest BCUT2D eigenvalue weighted by Crippen LogP contribution is -2.40. The van der Waals surface area contributed by atoms with Crippen molar-refractivity contribution in [3.63, 3.8) is 0 Å². The lowest BCUT2D eigenvalue weighted by atomic mass is 10.3. The van der Waals surface area contributed by atoms with Crippen LogP contribution in [0.25, 0.3) is 0 Å². The van der Waals surface area contributed by atoms with Crippen LogP contribution in [0.3, 0.4) is 0 Å². The molecule has 0 aromatic carbocycles.